The van der Waals surface area contributed by atoms with Crippen LogP contribution in [0.5, 0.6) is 0 Å². The minimum absolute atomic E-state index is 0.367. The van der Waals surface area contributed by atoms with Gasteiger partial charge in [-0.25, -0.2) is 0 Å². The number of hydrogen-bond donors (Lipinski definition) is 3. The summed E-state index contributed by atoms with van der Waals surface area (Å²) in [5.74, 6) is -2.18. The number of carbonyl (C=O) groups is 2. The second-order valence-corrected chi connectivity index (χ2v) is 6.33. The molecule has 0 saturated carbocycles. The van der Waals surface area contributed by atoms with Crippen LogP contribution in [-0.4, -0.2) is 34.7 Å². The Labute approximate surface area is 140 Å². The Morgan fingerprint density at radius 3 is 1.61 bits per heavy atom. The molecule has 0 aliphatic carbocycles. The standard InChI is InChI=1S/C18H35NO4/c1-2-3-4-5-6-7-8-9-10-11-12-13-14-19-16(18(22)23)15-17(20)21/h16,19H,2-15H2,1H3,(H,20,21)(H,22,23). The van der Waals surface area contributed by atoms with Crippen molar-refractivity contribution in [3.8, 4) is 0 Å². The number of unbranched alkanes of at least 4 members (excludes halogenated alkanes) is 11. The van der Waals surface area contributed by atoms with Gasteiger partial charge in [-0.1, -0.05) is 77.6 Å². The summed E-state index contributed by atoms with van der Waals surface area (Å²) in [6.07, 6.45) is 14.8. The van der Waals surface area contributed by atoms with Gasteiger partial charge in [0.15, 0.2) is 0 Å². The van der Waals surface area contributed by atoms with Crippen molar-refractivity contribution in [2.75, 3.05) is 6.54 Å². The quantitative estimate of drug-likeness (QED) is 0.348. The SMILES string of the molecule is CCCCCCCCCCCCCCNC(CC(=O)O)C(=O)O. The lowest BCUT2D eigenvalue weighted by molar-refractivity contribution is -0.145. The van der Waals surface area contributed by atoms with Gasteiger partial charge in [-0.05, 0) is 13.0 Å². The van der Waals surface area contributed by atoms with E-state index in [-0.39, 0.29) is 6.42 Å². The molecule has 1 unspecified atom stereocenters. The third kappa shape index (κ3) is 15.6. The minimum atomic E-state index is -1.09. The van der Waals surface area contributed by atoms with Crippen LogP contribution in [-0.2, 0) is 9.59 Å². The molecule has 0 rings (SSSR count). The third-order valence-electron chi connectivity index (χ3n) is 4.10. The molecule has 5 heteroatoms. The van der Waals surface area contributed by atoms with E-state index in [4.69, 9.17) is 10.2 Å². The van der Waals surface area contributed by atoms with E-state index in [0.717, 1.165) is 12.8 Å². The lowest BCUT2D eigenvalue weighted by Crippen LogP contribution is -2.39. The predicted octanol–water partition coefficient (Wildman–Crippen LogP) is 4.21. The molecule has 1 atom stereocenters. The highest BCUT2D eigenvalue weighted by Crippen LogP contribution is 2.11. The molecule has 0 spiro atoms. The summed E-state index contributed by atoms with van der Waals surface area (Å²) in [4.78, 5) is 21.4. The van der Waals surface area contributed by atoms with Gasteiger partial charge in [0.05, 0.1) is 6.42 Å². The zero-order chi connectivity index (χ0) is 17.3. The van der Waals surface area contributed by atoms with Crippen LogP contribution in [0, 0.1) is 0 Å². The Morgan fingerprint density at radius 2 is 1.22 bits per heavy atom. The maximum absolute atomic E-state index is 10.9. The fourth-order valence-electron chi connectivity index (χ4n) is 2.66. The fourth-order valence-corrected chi connectivity index (χ4v) is 2.66. The van der Waals surface area contributed by atoms with Gasteiger partial charge in [0.2, 0.25) is 0 Å². The first-order valence-electron chi connectivity index (χ1n) is 9.26. The van der Waals surface area contributed by atoms with Crippen LogP contribution in [0.3, 0.4) is 0 Å². The Kier molecular flexibility index (Phi) is 15.0. The van der Waals surface area contributed by atoms with Gasteiger partial charge in [0.1, 0.15) is 6.04 Å². The van der Waals surface area contributed by atoms with Crippen LogP contribution in [0.15, 0.2) is 0 Å². The van der Waals surface area contributed by atoms with Crippen molar-refractivity contribution in [3.05, 3.63) is 0 Å². The third-order valence-corrected chi connectivity index (χ3v) is 4.10. The fraction of sp³-hybridized carbons (Fsp3) is 0.889. The average molecular weight is 329 g/mol. The van der Waals surface area contributed by atoms with Gasteiger partial charge in [-0.2, -0.15) is 0 Å². The summed E-state index contributed by atoms with van der Waals surface area (Å²) in [5, 5.41) is 20.3. The Balaban J connectivity index is 3.32. The zero-order valence-corrected chi connectivity index (χ0v) is 14.7. The number of carboxylic acids is 2. The van der Waals surface area contributed by atoms with Crippen molar-refractivity contribution < 1.29 is 19.8 Å². The van der Waals surface area contributed by atoms with Crippen LogP contribution in [0.25, 0.3) is 0 Å². The van der Waals surface area contributed by atoms with Crippen molar-refractivity contribution in [3.63, 3.8) is 0 Å². The number of nitrogens with one attached hydrogen (secondary N) is 1. The number of carboxylic acid groups (broad SMARTS) is 2. The van der Waals surface area contributed by atoms with Crippen molar-refractivity contribution in [2.45, 2.75) is 96.4 Å². The van der Waals surface area contributed by atoms with E-state index >= 15 is 0 Å². The lowest BCUT2D eigenvalue weighted by atomic mass is 10.1. The van der Waals surface area contributed by atoms with E-state index < -0.39 is 18.0 Å². The van der Waals surface area contributed by atoms with Gasteiger partial charge in [-0.3, -0.25) is 9.59 Å². The molecule has 0 radical (unpaired) electrons. The van der Waals surface area contributed by atoms with Crippen LogP contribution in [0.1, 0.15) is 90.4 Å². The normalized spacial score (nSPS) is 12.2. The van der Waals surface area contributed by atoms with E-state index in [1.165, 1.54) is 64.2 Å². The van der Waals surface area contributed by atoms with E-state index in [9.17, 15) is 9.59 Å². The highest BCUT2D eigenvalue weighted by molar-refractivity contribution is 5.80. The van der Waals surface area contributed by atoms with Gasteiger partial charge < -0.3 is 15.5 Å². The number of rotatable bonds is 17. The van der Waals surface area contributed by atoms with Gasteiger partial charge >= 0.3 is 11.9 Å². The largest absolute Gasteiger partial charge is 0.481 e. The highest BCUT2D eigenvalue weighted by Gasteiger charge is 2.19. The topological polar surface area (TPSA) is 86.6 Å². The monoisotopic (exact) mass is 329 g/mol. The first kappa shape index (κ1) is 21.9. The lowest BCUT2D eigenvalue weighted by Gasteiger charge is -2.11. The summed E-state index contributed by atoms with van der Waals surface area (Å²) in [6.45, 7) is 2.81. The van der Waals surface area contributed by atoms with Gasteiger partial charge in [0.25, 0.3) is 0 Å². The molecule has 0 aliphatic heterocycles. The van der Waals surface area contributed by atoms with E-state index in [1.807, 2.05) is 0 Å². The molecule has 0 saturated heterocycles. The Hall–Kier alpha value is -1.10. The van der Waals surface area contributed by atoms with Gasteiger partial charge in [-0.15, -0.1) is 0 Å². The summed E-state index contributed by atoms with van der Waals surface area (Å²) in [5.41, 5.74) is 0. The minimum Gasteiger partial charge on any atom is -0.481 e. The molecule has 0 bridgehead atoms. The average Bonchev–Trinajstić information content (AvgIpc) is 2.50. The van der Waals surface area contributed by atoms with E-state index in [1.54, 1.807) is 0 Å². The number of hydrogen-bond acceptors (Lipinski definition) is 3. The molecular formula is C18H35NO4. The first-order valence-corrected chi connectivity index (χ1v) is 9.26. The van der Waals surface area contributed by atoms with Crippen LogP contribution in [0.4, 0.5) is 0 Å². The molecule has 0 amide bonds. The molecule has 0 fully saturated rings. The van der Waals surface area contributed by atoms with Crippen molar-refractivity contribution in [1.82, 2.24) is 5.32 Å². The molecule has 0 aromatic rings. The van der Waals surface area contributed by atoms with E-state index in [2.05, 4.69) is 12.2 Å². The molecule has 3 N–H and O–H groups in total. The number of aliphatic carboxylic acids is 2. The predicted molar refractivity (Wildman–Crippen MR) is 92.8 cm³/mol. The summed E-state index contributed by atoms with van der Waals surface area (Å²) < 4.78 is 0. The summed E-state index contributed by atoms with van der Waals surface area (Å²) in [6, 6.07) is -0.972. The van der Waals surface area contributed by atoms with Crippen LogP contribution < -0.4 is 5.32 Å². The van der Waals surface area contributed by atoms with Crippen LogP contribution >= 0.6 is 0 Å². The first-order chi connectivity index (χ1) is 11.1. The Bertz CT molecular complexity index is 307. The summed E-state index contributed by atoms with van der Waals surface area (Å²) >= 11 is 0. The zero-order valence-electron chi connectivity index (χ0n) is 14.7. The van der Waals surface area contributed by atoms with Crippen molar-refractivity contribution >= 4 is 11.9 Å². The highest BCUT2D eigenvalue weighted by atomic mass is 16.4. The molecule has 0 aromatic carbocycles. The molecule has 5 nitrogen and oxygen atoms in total. The summed E-state index contributed by atoms with van der Waals surface area (Å²) in [7, 11) is 0. The molecule has 0 heterocycles. The Morgan fingerprint density at radius 1 is 0.783 bits per heavy atom. The smallest absolute Gasteiger partial charge is 0.321 e. The van der Waals surface area contributed by atoms with Crippen molar-refractivity contribution in [1.29, 1.82) is 0 Å². The van der Waals surface area contributed by atoms with Crippen molar-refractivity contribution in [2.24, 2.45) is 0 Å². The maximum Gasteiger partial charge on any atom is 0.321 e. The second kappa shape index (κ2) is 15.8. The second-order valence-electron chi connectivity index (χ2n) is 6.33. The van der Waals surface area contributed by atoms with E-state index in [0.29, 0.717) is 6.54 Å². The molecule has 0 aliphatic rings. The van der Waals surface area contributed by atoms with Crippen LogP contribution in [0.2, 0.25) is 0 Å². The molecular weight excluding hydrogens is 294 g/mol. The molecule has 136 valence electrons. The molecule has 0 aromatic heterocycles. The molecule has 23 heavy (non-hydrogen) atoms. The maximum atomic E-state index is 10.9. The van der Waals surface area contributed by atoms with Gasteiger partial charge in [0, 0.05) is 0 Å².